The number of aromatic nitrogens is 2. The minimum Gasteiger partial charge on any atom is -0.362 e. The molecule has 1 N–H and O–H groups in total. The molecular formula is C29H36N4S. The molecule has 0 radical (unpaired) electrons. The Hall–Kier alpha value is -2.50. The third-order valence-electron chi connectivity index (χ3n) is 7.34. The Kier molecular flexibility index (Phi) is 7.41. The highest BCUT2D eigenvalue weighted by Crippen LogP contribution is 2.32. The first kappa shape index (κ1) is 23.3. The lowest BCUT2D eigenvalue weighted by Crippen LogP contribution is -2.26. The minimum atomic E-state index is 0.827. The maximum absolute atomic E-state index is 4.88. The standard InChI is InChI=1S/C29H36N4S/c1-33(2)29-25-10-3-5-11-26(25)31-28(32-29)13-7-8-21-14-16-22(17-15-21)18-30-19-23-20-34-27-12-6-4-9-24(23)27/h3-6,9-12,20-22,30H,7-8,13-19H2,1-2H3. The van der Waals surface area contributed by atoms with Crippen LogP contribution < -0.4 is 10.2 Å². The van der Waals surface area contributed by atoms with Crippen molar-refractivity contribution < 1.29 is 0 Å². The average Bonchev–Trinajstić information content (AvgIpc) is 3.27. The first-order valence-corrected chi connectivity index (χ1v) is 13.6. The molecule has 1 fully saturated rings. The molecule has 0 atom stereocenters. The third kappa shape index (κ3) is 5.42. The summed E-state index contributed by atoms with van der Waals surface area (Å²) >= 11 is 1.86. The van der Waals surface area contributed by atoms with Crippen LogP contribution in [0.2, 0.25) is 0 Å². The summed E-state index contributed by atoms with van der Waals surface area (Å²) in [6.07, 6.45) is 8.92. The summed E-state index contributed by atoms with van der Waals surface area (Å²) in [5.74, 6) is 3.71. The fourth-order valence-electron chi connectivity index (χ4n) is 5.41. The van der Waals surface area contributed by atoms with Gasteiger partial charge in [-0.25, -0.2) is 9.97 Å². The lowest BCUT2D eigenvalue weighted by Gasteiger charge is -2.28. The number of fused-ring (bicyclic) bond motifs is 2. The number of hydrogen-bond acceptors (Lipinski definition) is 5. The molecule has 178 valence electrons. The van der Waals surface area contributed by atoms with Crippen LogP contribution >= 0.6 is 11.3 Å². The van der Waals surface area contributed by atoms with E-state index in [1.54, 1.807) is 0 Å². The van der Waals surface area contributed by atoms with Crippen LogP contribution in [0.1, 0.15) is 49.9 Å². The zero-order valence-electron chi connectivity index (χ0n) is 20.5. The van der Waals surface area contributed by atoms with Gasteiger partial charge in [-0.1, -0.05) is 49.6 Å². The summed E-state index contributed by atoms with van der Waals surface area (Å²) in [5, 5.41) is 8.61. The highest BCUT2D eigenvalue weighted by Gasteiger charge is 2.21. The van der Waals surface area contributed by atoms with Crippen molar-refractivity contribution in [3.63, 3.8) is 0 Å². The highest BCUT2D eigenvalue weighted by molar-refractivity contribution is 7.17. The van der Waals surface area contributed by atoms with Crippen molar-refractivity contribution >= 4 is 38.1 Å². The molecule has 5 rings (SSSR count). The van der Waals surface area contributed by atoms with Crippen LogP contribution in [0.25, 0.3) is 21.0 Å². The maximum atomic E-state index is 4.88. The van der Waals surface area contributed by atoms with Gasteiger partial charge in [0, 0.05) is 37.1 Å². The molecule has 0 saturated heterocycles. The predicted molar refractivity (Wildman–Crippen MR) is 146 cm³/mol. The molecule has 4 nitrogen and oxygen atoms in total. The number of nitrogens with one attached hydrogen (secondary N) is 1. The molecule has 4 aromatic rings. The van der Waals surface area contributed by atoms with Crippen LogP contribution in [0.5, 0.6) is 0 Å². The molecule has 0 amide bonds. The van der Waals surface area contributed by atoms with E-state index in [4.69, 9.17) is 9.97 Å². The van der Waals surface area contributed by atoms with Gasteiger partial charge in [0.05, 0.1) is 5.52 Å². The van der Waals surface area contributed by atoms with E-state index in [0.29, 0.717) is 0 Å². The molecule has 0 spiro atoms. The van der Waals surface area contributed by atoms with Crippen LogP contribution in [0.4, 0.5) is 5.82 Å². The first-order valence-electron chi connectivity index (χ1n) is 12.8. The largest absolute Gasteiger partial charge is 0.362 e. The van der Waals surface area contributed by atoms with Crippen molar-refractivity contribution in [1.29, 1.82) is 0 Å². The molecule has 2 aromatic carbocycles. The van der Waals surface area contributed by atoms with E-state index in [0.717, 1.165) is 53.9 Å². The third-order valence-corrected chi connectivity index (χ3v) is 8.35. The summed E-state index contributed by atoms with van der Waals surface area (Å²) in [6, 6.07) is 17.1. The van der Waals surface area contributed by atoms with Crippen LogP contribution in [0.15, 0.2) is 53.9 Å². The van der Waals surface area contributed by atoms with Crippen molar-refractivity contribution in [2.24, 2.45) is 11.8 Å². The van der Waals surface area contributed by atoms with Crippen LogP contribution in [0.3, 0.4) is 0 Å². The topological polar surface area (TPSA) is 41.1 Å². The molecule has 0 bridgehead atoms. The van der Waals surface area contributed by atoms with E-state index in [9.17, 15) is 0 Å². The van der Waals surface area contributed by atoms with Gasteiger partial charge in [-0.05, 0) is 72.2 Å². The summed E-state index contributed by atoms with van der Waals surface area (Å²) < 4.78 is 1.40. The molecule has 5 heteroatoms. The molecule has 0 aliphatic heterocycles. The van der Waals surface area contributed by atoms with E-state index in [1.807, 2.05) is 11.3 Å². The summed E-state index contributed by atoms with van der Waals surface area (Å²) in [5.41, 5.74) is 2.50. The zero-order valence-corrected chi connectivity index (χ0v) is 21.3. The SMILES string of the molecule is CN(C)c1nc(CCCC2CCC(CNCc3csc4ccccc34)CC2)nc2ccccc12. The normalized spacial score (nSPS) is 18.5. The monoisotopic (exact) mass is 472 g/mol. The lowest BCUT2D eigenvalue weighted by molar-refractivity contribution is 0.254. The van der Waals surface area contributed by atoms with Gasteiger partial charge in [-0.15, -0.1) is 11.3 Å². The smallest absolute Gasteiger partial charge is 0.139 e. The zero-order chi connectivity index (χ0) is 23.3. The van der Waals surface area contributed by atoms with Crippen molar-refractivity contribution in [1.82, 2.24) is 15.3 Å². The minimum absolute atomic E-state index is 0.827. The van der Waals surface area contributed by atoms with Gasteiger partial charge in [0.2, 0.25) is 0 Å². The van der Waals surface area contributed by atoms with E-state index in [2.05, 4.69) is 78.2 Å². The Labute approximate surface area is 207 Å². The Bertz CT molecular complexity index is 1220. The molecule has 34 heavy (non-hydrogen) atoms. The Morgan fingerprint density at radius 2 is 1.65 bits per heavy atom. The summed E-state index contributed by atoms with van der Waals surface area (Å²) in [6.45, 7) is 2.14. The summed E-state index contributed by atoms with van der Waals surface area (Å²) in [4.78, 5) is 11.8. The molecule has 2 aromatic heterocycles. The van der Waals surface area contributed by atoms with Gasteiger partial charge in [-0.3, -0.25) is 0 Å². The van der Waals surface area contributed by atoms with Gasteiger partial charge in [0.15, 0.2) is 0 Å². The number of nitrogens with zero attached hydrogens (tertiary/aromatic N) is 3. The number of aryl methyl sites for hydroxylation is 1. The fraction of sp³-hybridized carbons (Fsp3) is 0.448. The van der Waals surface area contributed by atoms with Crippen molar-refractivity contribution in [3.8, 4) is 0 Å². The molecule has 0 unspecified atom stereocenters. The molecule has 1 aliphatic carbocycles. The number of para-hydroxylation sites is 1. The van der Waals surface area contributed by atoms with Gasteiger partial charge in [0.1, 0.15) is 11.6 Å². The lowest BCUT2D eigenvalue weighted by atomic mass is 9.80. The maximum Gasteiger partial charge on any atom is 0.139 e. The second-order valence-electron chi connectivity index (χ2n) is 10.0. The molecular weight excluding hydrogens is 436 g/mol. The average molecular weight is 473 g/mol. The number of hydrogen-bond donors (Lipinski definition) is 1. The van der Waals surface area contributed by atoms with Crippen LogP contribution in [-0.4, -0.2) is 30.6 Å². The van der Waals surface area contributed by atoms with Crippen molar-refractivity contribution in [2.45, 2.75) is 51.5 Å². The first-order chi connectivity index (χ1) is 16.7. The highest BCUT2D eigenvalue weighted by atomic mass is 32.1. The van der Waals surface area contributed by atoms with Gasteiger partial charge < -0.3 is 10.2 Å². The molecule has 1 aliphatic rings. The van der Waals surface area contributed by atoms with Gasteiger partial charge in [-0.2, -0.15) is 0 Å². The molecule has 2 heterocycles. The van der Waals surface area contributed by atoms with Crippen LogP contribution in [-0.2, 0) is 13.0 Å². The van der Waals surface area contributed by atoms with Crippen molar-refractivity contribution in [3.05, 3.63) is 65.3 Å². The quantitative estimate of drug-likeness (QED) is 0.290. The van der Waals surface area contributed by atoms with E-state index >= 15 is 0 Å². The van der Waals surface area contributed by atoms with Crippen LogP contribution in [0, 0.1) is 11.8 Å². The Morgan fingerprint density at radius 1 is 0.912 bits per heavy atom. The molecule has 1 saturated carbocycles. The van der Waals surface area contributed by atoms with E-state index < -0.39 is 0 Å². The van der Waals surface area contributed by atoms with E-state index in [-0.39, 0.29) is 0 Å². The fourth-order valence-corrected chi connectivity index (χ4v) is 6.38. The number of rotatable bonds is 9. The van der Waals surface area contributed by atoms with Gasteiger partial charge >= 0.3 is 0 Å². The Balaban J connectivity index is 1.05. The summed E-state index contributed by atoms with van der Waals surface area (Å²) in [7, 11) is 4.13. The predicted octanol–water partition coefficient (Wildman–Crippen LogP) is 6.83. The van der Waals surface area contributed by atoms with E-state index in [1.165, 1.54) is 54.2 Å². The van der Waals surface area contributed by atoms with Gasteiger partial charge in [0.25, 0.3) is 0 Å². The number of anilines is 1. The second kappa shape index (κ2) is 10.8. The number of thiophene rings is 1. The van der Waals surface area contributed by atoms with Crippen molar-refractivity contribution in [2.75, 3.05) is 25.5 Å². The second-order valence-corrected chi connectivity index (χ2v) is 11.0. The Morgan fingerprint density at radius 3 is 2.47 bits per heavy atom. The number of benzene rings is 2.